The number of carboxylic acid groups (broad SMARTS) is 1. The summed E-state index contributed by atoms with van der Waals surface area (Å²) >= 11 is 3.45. The number of halogens is 1. The van der Waals surface area contributed by atoms with E-state index in [9.17, 15) is 9.59 Å². The van der Waals surface area contributed by atoms with Gasteiger partial charge in [-0.05, 0) is 36.6 Å². The molecule has 0 fully saturated rings. The molecular formula is C15H15BrN2O3. The van der Waals surface area contributed by atoms with Crippen LogP contribution in [0.1, 0.15) is 22.5 Å². The maximum atomic E-state index is 12.6. The summed E-state index contributed by atoms with van der Waals surface area (Å²) in [7, 11) is 1.76. The SMILES string of the molecule is CN1CCCc2c(n(CC(=O)O)c3ccc(Br)cc23)C1=O. The van der Waals surface area contributed by atoms with Crippen LogP contribution < -0.4 is 0 Å². The molecule has 1 aliphatic rings. The largest absolute Gasteiger partial charge is 0.480 e. The van der Waals surface area contributed by atoms with E-state index in [-0.39, 0.29) is 12.5 Å². The van der Waals surface area contributed by atoms with E-state index in [1.54, 1.807) is 16.5 Å². The van der Waals surface area contributed by atoms with Gasteiger partial charge in [0.25, 0.3) is 5.91 Å². The molecule has 1 aromatic carbocycles. The first kappa shape index (κ1) is 14.1. The predicted molar refractivity (Wildman–Crippen MR) is 82.6 cm³/mol. The number of nitrogens with zero attached hydrogens (tertiary/aromatic N) is 2. The van der Waals surface area contributed by atoms with E-state index in [2.05, 4.69) is 15.9 Å². The van der Waals surface area contributed by atoms with Crippen molar-refractivity contribution in [3.63, 3.8) is 0 Å². The smallest absolute Gasteiger partial charge is 0.323 e. The van der Waals surface area contributed by atoms with Gasteiger partial charge in [0.2, 0.25) is 0 Å². The van der Waals surface area contributed by atoms with Gasteiger partial charge in [0.1, 0.15) is 12.2 Å². The van der Waals surface area contributed by atoms with Gasteiger partial charge < -0.3 is 14.6 Å². The van der Waals surface area contributed by atoms with Crippen LogP contribution in [0, 0.1) is 0 Å². The molecule has 0 saturated carbocycles. The molecule has 5 nitrogen and oxygen atoms in total. The Hall–Kier alpha value is -1.82. The van der Waals surface area contributed by atoms with Crippen molar-refractivity contribution in [1.29, 1.82) is 0 Å². The van der Waals surface area contributed by atoms with Crippen LogP contribution in [-0.2, 0) is 17.8 Å². The molecule has 2 aromatic rings. The molecule has 1 aromatic heterocycles. The Kier molecular flexibility index (Phi) is 3.49. The van der Waals surface area contributed by atoms with Crippen LogP contribution >= 0.6 is 15.9 Å². The zero-order valence-electron chi connectivity index (χ0n) is 11.6. The molecule has 1 amide bonds. The lowest BCUT2D eigenvalue weighted by molar-refractivity contribution is -0.137. The van der Waals surface area contributed by atoms with E-state index in [4.69, 9.17) is 5.11 Å². The minimum Gasteiger partial charge on any atom is -0.480 e. The molecule has 110 valence electrons. The average molecular weight is 351 g/mol. The van der Waals surface area contributed by atoms with E-state index in [1.165, 1.54) is 0 Å². The van der Waals surface area contributed by atoms with Gasteiger partial charge in [-0.25, -0.2) is 0 Å². The second-order valence-corrected chi connectivity index (χ2v) is 6.21. The first-order valence-electron chi connectivity index (χ1n) is 6.77. The Morgan fingerprint density at radius 1 is 1.43 bits per heavy atom. The molecule has 3 rings (SSSR count). The highest BCUT2D eigenvalue weighted by molar-refractivity contribution is 9.10. The van der Waals surface area contributed by atoms with Crippen LogP contribution in [0.5, 0.6) is 0 Å². The first-order chi connectivity index (χ1) is 9.99. The number of rotatable bonds is 2. The molecular weight excluding hydrogens is 336 g/mol. The Balaban J connectivity index is 2.34. The fourth-order valence-corrected chi connectivity index (χ4v) is 3.33. The zero-order valence-corrected chi connectivity index (χ0v) is 13.2. The summed E-state index contributed by atoms with van der Waals surface area (Å²) < 4.78 is 2.55. The van der Waals surface area contributed by atoms with Crippen LogP contribution in [0.3, 0.4) is 0 Å². The van der Waals surface area contributed by atoms with Gasteiger partial charge in [0.15, 0.2) is 0 Å². The zero-order chi connectivity index (χ0) is 15.1. The van der Waals surface area contributed by atoms with Crippen molar-refractivity contribution >= 4 is 38.7 Å². The lowest BCUT2D eigenvalue weighted by Gasteiger charge is -2.15. The van der Waals surface area contributed by atoms with Gasteiger partial charge in [-0.3, -0.25) is 9.59 Å². The second kappa shape index (κ2) is 5.18. The number of fused-ring (bicyclic) bond motifs is 3. The van der Waals surface area contributed by atoms with Crippen LogP contribution in [0.4, 0.5) is 0 Å². The number of benzene rings is 1. The molecule has 21 heavy (non-hydrogen) atoms. The van der Waals surface area contributed by atoms with Crippen molar-refractivity contribution in [1.82, 2.24) is 9.47 Å². The van der Waals surface area contributed by atoms with Crippen molar-refractivity contribution in [2.24, 2.45) is 0 Å². The quantitative estimate of drug-likeness (QED) is 0.904. The standard InChI is InChI=1S/C15H15BrN2O3/c1-17-6-2-3-10-11-7-9(16)4-5-12(11)18(8-13(19)20)14(10)15(17)21/h4-5,7H,2-3,6,8H2,1H3,(H,19,20). The molecule has 0 aliphatic carbocycles. The predicted octanol–water partition coefficient (Wildman–Crippen LogP) is 2.51. The summed E-state index contributed by atoms with van der Waals surface area (Å²) in [5.74, 6) is -1.05. The maximum absolute atomic E-state index is 12.6. The van der Waals surface area contributed by atoms with E-state index in [0.717, 1.165) is 33.8 Å². The lowest BCUT2D eigenvalue weighted by Crippen LogP contribution is -2.29. The average Bonchev–Trinajstić information content (AvgIpc) is 2.61. The molecule has 6 heteroatoms. The topological polar surface area (TPSA) is 62.5 Å². The Morgan fingerprint density at radius 2 is 2.19 bits per heavy atom. The minimum atomic E-state index is -0.947. The second-order valence-electron chi connectivity index (χ2n) is 5.30. The Labute approximate surface area is 130 Å². The molecule has 0 spiro atoms. The van der Waals surface area contributed by atoms with Crippen molar-refractivity contribution < 1.29 is 14.7 Å². The molecule has 0 bridgehead atoms. The molecule has 0 saturated heterocycles. The first-order valence-corrected chi connectivity index (χ1v) is 7.56. The van der Waals surface area contributed by atoms with Crippen LogP contribution in [0.2, 0.25) is 0 Å². The summed E-state index contributed by atoms with van der Waals surface area (Å²) in [6.07, 6.45) is 1.67. The van der Waals surface area contributed by atoms with Crippen LogP contribution in [0.25, 0.3) is 10.9 Å². The van der Waals surface area contributed by atoms with Gasteiger partial charge in [0.05, 0.1) is 0 Å². The third kappa shape index (κ3) is 2.33. The van der Waals surface area contributed by atoms with E-state index in [0.29, 0.717) is 12.2 Å². The summed E-state index contributed by atoms with van der Waals surface area (Å²) in [6.45, 7) is 0.489. The van der Waals surface area contributed by atoms with Crippen molar-refractivity contribution in [3.05, 3.63) is 33.9 Å². The van der Waals surface area contributed by atoms with Gasteiger partial charge in [-0.2, -0.15) is 0 Å². The number of carboxylic acids is 1. The molecule has 0 radical (unpaired) electrons. The normalized spacial score (nSPS) is 15.1. The fourth-order valence-electron chi connectivity index (χ4n) is 2.97. The maximum Gasteiger partial charge on any atom is 0.323 e. The third-order valence-electron chi connectivity index (χ3n) is 3.89. The lowest BCUT2D eigenvalue weighted by atomic mass is 10.1. The molecule has 1 N–H and O–H groups in total. The number of aliphatic carboxylic acids is 1. The number of carbonyl (C=O) groups excluding carboxylic acids is 1. The number of carbonyl (C=O) groups is 2. The molecule has 2 heterocycles. The molecule has 0 atom stereocenters. The molecule has 1 aliphatic heterocycles. The minimum absolute atomic E-state index is 0.101. The number of amides is 1. The van der Waals surface area contributed by atoms with Crippen LogP contribution in [0.15, 0.2) is 22.7 Å². The number of hydrogen-bond donors (Lipinski definition) is 1. The highest BCUT2D eigenvalue weighted by atomic mass is 79.9. The number of aryl methyl sites for hydroxylation is 1. The summed E-state index contributed by atoms with van der Waals surface area (Å²) in [5, 5.41) is 10.1. The highest BCUT2D eigenvalue weighted by Crippen LogP contribution is 2.32. The fraction of sp³-hybridized carbons (Fsp3) is 0.333. The summed E-state index contributed by atoms with van der Waals surface area (Å²) in [5.41, 5.74) is 2.28. The van der Waals surface area contributed by atoms with E-state index < -0.39 is 5.97 Å². The number of aromatic nitrogens is 1. The van der Waals surface area contributed by atoms with Crippen LogP contribution in [-0.4, -0.2) is 40.0 Å². The van der Waals surface area contributed by atoms with Crippen molar-refractivity contribution in [2.75, 3.05) is 13.6 Å². The van der Waals surface area contributed by atoms with Gasteiger partial charge in [-0.15, -0.1) is 0 Å². The Bertz CT molecular complexity index is 751. The third-order valence-corrected chi connectivity index (χ3v) is 4.39. The summed E-state index contributed by atoms with van der Waals surface area (Å²) in [6, 6.07) is 5.70. The van der Waals surface area contributed by atoms with E-state index >= 15 is 0 Å². The molecule has 0 unspecified atom stereocenters. The van der Waals surface area contributed by atoms with Gasteiger partial charge in [0, 0.05) is 29.0 Å². The van der Waals surface area contributed by atoms with E-state index in [1.807, 2.05) is 18.2 Å². The van der Waals surface area contributed by atoms with Gasteiger partial charge in [-0.1, -0.05) is 15.9 Å². The summed E-state index contributed by atoms with van der Waals surface area (Å²) in [4.78, 5) is 25.4. The highest BCUT2D eigenvalue weighted by Gasteiger charge is 2.28. The number of hydrogen-bond acceptors (Lipinski definition) is 2. The Morgan fingerprint density at radius 3 is 2.90 bits per heavy atom. The monoisotopic (exact) mass is 350 g/mol. The van der Waals surface area contributed by atoms with Crippen molar-refractivity contribution in [3.8, 4) is 0 Å². The van der Waals surface area contributed by atoms with Gasteiger partial charge >= 0.3 is 5.97 Å². The van der Waals surface area contributed by atoms with Crippen molar-refractivity contribution in [2.45, 2.75) is 19.4 Å².